The van der Waals surface area contributed by atoms with E-state index in [9.17, 15) is 0 Å². The first-order chi connectivity index (χ1) is 8.36. The van der Waals surface area contributed by atoms with Crippen molar-refractivity contribution in [2.45, 2.75) is 25.3 Å². The van der Waals surface area contributed by atoms with Gasteiger partial charge in [0, 0.05) is 28.2 Å². The van der Waals surface area contributed by atoms with Crippen molar-refractivity contribution in [1.29, 1.82) is 0 Å². The van der Waals surface area contributed by atoms with Gasteiger partial charge in [0.1, 0.15) is 0 Å². The molecule has 0 bridgehead atoms. The van der Waals surface area contributed by atoms with Crippen molar-refractivity contribution in [3.05, 3.63) is 41.0 Å². The van der Waals surface area contributed by atoms with Crippen LogP contribution in [0.2, 0.25) is 5.02 Å². The standard InChI is InChI=1S/C14H15ClN2/c15-11-7-6-10-4-3-9-17-14(10)13(11)12-5-1-2-8-16-12/h3-4,6-7,9,12,16H,1-2,5,8H2. The normalized spacial score (nSPS) is 20.6. The Labute approximate surface area is 106 Å². The summed E-state index contributed by atoms with van der Waals surface area (Å²) in [5.74, 6) is 0. The zero-order valence-electron chi connectivity index (χ0n) is 9.62. The number of piperidine rings is 1. The van der Waals surface area contributed by atoms with E-state index in [-0.39, 0.29) is 0 Å². The van der Waals surface area contributed by atoms with E-state index in [2.05, 4.69) is 16.4 Å². The lowest BCUT2D eigenvalue weighted by atomic mass is 9.95. The van der Waals surface area contributed by atoms with Crippen molar-refractivity contribution >= 4 is 22.5 Å². The minimum Gasteiger partial charge on any atom is -0.310 e. The van der Waals surface area contributed by atoms with Crippen LogP contribution in [0.15, 0.2) is 30.5 Å². The molecule has 1 atom stereocenters. The lowest BCUT2D eigenvalue weighted by Gasteiger charge is -2.25. The van der Waals surface area contributed by atoms with Gasteiger partial charge in [-0.15, -0.1) is 0 Å². The number of halogens is 1. The van der Waals surface area contributed by atoms with Gasteiger partial charge in [0.2, 0.25) is 0 Å². The molecule has 88 valence electrons. The second-order valence-electron chi connectivity index (χ2n) is 4.54. The quantitative estimate of drug-likeness (QED) is 0.830. The maximum absolute atomic E-state index is 6.36. The molecule has 0 spiro atoms. The molecule has 0 amide bonds. The second-order valence-corrected chi connectivity index (χ2v) is 4.95. The summed E-state index contributed by atoms with van der Waals surface area (Å²) in [6.07, 6.45) is 5.50. The first-order valence-electron chi connectivity index (χ1n) is 6.13. The van der Waals surface area contributed by atoms with Gasteiger partial charge in [-0.2, -0.15) is 0 Å². The zero-order valence-corrected chi connectivity index (χ0v) is 10.4. The van der Waals surface area contributed by atoms with Gasteiger partial charge in [-0.25, -0.2) is 0 Å². The summed E-state index contributed by atoms with van der Waals surface area (Å²) in [6, 6.07) is 8.43. The molecule has 17 heavy (non-hydrogen) atoms. The smallest absolute Gasteiger partial charge is 0.0764 e. The monoisotopic (exact) mass is 246 g/mol. The van der Waals surface area contributed by atoms with E-state index in [1.54, 1.807) is 0 Å². The van der Waals surface area contributed by atoms with Crippen LogP contribution in [0.5, 0.6) is 0 Å². The highest BCUT2D eigenvalue weighted by Crippen LogP contribution is 2.33. The summed E-state index contributed by atoms with van der Waals surface area (Å²) in [6.45, 7) is 1.07. The van der Waals surface area contributed by atoms with Crippen molar-refractivity contribution in [3.8, 4) is 0 Å². The average molecular weight is 247 g/mol. The van der Waals surface area contributed by atoms with E-state index in [1.165, 1.54) is 23.8 Å². The Balaban J connectivity index is 2.15. The highest BCUT2D eigenvalue weighted by molar-refractivity contribution is 6.32. The Bertz CT molecular complexity index is 533. The number of benzene rings is 1. The molecule has 0 radical (unpaired) electrons. The van der Waals surface area contributed by atoms with E-state index < -0.39 is 0 Å². The molecule has 1 fully saturated rings. The van der Waals surface area contributed by atoms with Crippen LogP contribution in [-0.4, -0.2) is 11.5 Å². The predicted molar refractivity (Wildman–Crippen MR) is 71.3 cm³/mol. The Morgan fingerprint density at radius 1 is 1.24 bits per heavy atom. The van der Waals surface area contributed by atoms with Gasteiger partial charge in [0.05, 0.1) is 5.52 Å². The van der Waals surface area contributed by atoms with Crippen LogP contribution in [-0.2, 0) is 0 Å². The van der Waals surface area contributed by atoms with Crippen molar-refractivity contribution < 1.29 is 0 Å². The number of fused-ring (bicyclic) bond motifs is 1. The summed E-state index contributed by atoms with van der Waals surface area (Å²) in [4.78, 5) is 4.49. The summed E-state index contributed by atoms with van der Waals surface area (Å²) in [5.41, 5.74) is 2.21. The Hall–Kier alpha value is -1.12. The van der Waals surface area contributed by atoms with Crippen LogP contribution in [0, 0.1) is 0 Å². The zero-order chi connectivity index (χ0) is 11.7. The van der Waals surface area contributed by atoms with E-state index in [1.807, 2.05) is 24.4 Å². The third-order valence-electron chi connectivity index (χ3n) is 3.42. The average Bonchev–Trinajstić information content (AvgIpc) is 2.39. The van der Waals surface area contributed by atoms with Crippen LogP contribution in [0.3, 0.4) is 0 Å². The molecule has 2 aromatic rings. The van der Waals surface area contributed by atoms with E-state index in [0.717, 1.165) is 23.5 Å². The first-order valence-corrected chi connectivity index (χ1v) is 6.50. The molecule has 1 saturated heterocycles. The molecule has 2 nitrogen and oxygen atoms in total. The molecular formula is C14H15ClN2. The van der Waals surface area contributed by atoms with E-state index in [4.69, 9.17) is 11.6 Å². The Morgan fingerprint density at radius 3 is 3.00 bits per heavy atom. The van der Waals surface area contributed by atoms with Crippen LogP contribution < -0.4 is 5.32 Å². The van der Waals surface area contributed by atoms with Gasteiger partial charge in [-0.3, -0.25) is 4.98 Å². The Morgan fingerprint density at radius 2 is 2.18 bits per heavy atom. The fourth-order valence-corrected chi connectivity index (χ4v) is 2.86. The third kappa shape index (κ3) is 2.03. The topological polar surface area (TPSA) is 24.9 Å². The lowest BCUT2D eigenvalue weighted by Crippen LogP contribution is -2.27. The molecule has 1 N–H and O–H groups in total. The summed E-state index contributed by atoms with van der Waals surface area (Å²) < 4.78 is 0. The molecule has 3 heteroatoms. The van der Waals surface area contributed by atoms with Gasteiger partial charge in [-0.05, 0) is 31.5 Å². The maximum Gasteiger partial charge on any atom is 0.0764 e. The summed E-state index contributed by atoms with van der Waals surface area (Å²) >= 11 is 6.36. The van der Waals surface area contributed by atoms with Crippen LogP contribution in [0.25, 0.3) is 10.9 Å². The van der Waals surface area contributed by atoms with Gasteiger partial charge in [-0.1, -0.05) is 30.2 Å². The third-order valence-corrected chi connectivity index (χ3v) is 3.75. The number of pyridine rings is 1. The molecule has 1 unspecified atom stereocenters. The lowest BCUT2D eigenvalue weighted by molar-refractivity contribution is 0.414. The molecule has 1 aromatic carbocycles. The van der Waals surface area contributed by atoms with Crippen LogP contribution in [0.1, 0.15) is 30.9 Å². The number of nitrogens with one attached hydrogen (secondary N) is 1. The maximum atomic E-state index is 6.36. The SMILES string of the molecule is Clc1ccc2cccnc2c1C1CCCCN1. The van der Waals surface area contributed by atoms with Gasteiger partial charge in [0.15, 0.2) is 0 Å². The fraction of sp³-hybridized carbons (Fsp3) is 0.357. The largest absolute Gasteiger partial charge is 0.310 e. The minimum absolute atomic E-state index is 0.356. The molecular weight excluding hydrogens is 232 g/mol. The predicted octanol–water partition coefficient (Wildman–Crippen LogP) is 3.70. The number of nitrogens with zero attached hydrogens (tertiary/aromatic N) is 1. The van der Waals surface area contributed by atoms with Crippen molar-refractivity contribution in [3.63, 3.8) is 0 Å². The molecule has 0 saturated carbocycles. The Kier molecular flexibility index (Phi) is 3.00. The molecule has 1 aliphatic heterocycles. The number of rotatable bonds is 1. The molecule has 1 aromatic heterocycles. The molecule has 2 heterocycles. The highest BCUT2D eigenvalue weighted by Gasteiger charge is 2.20. The summed E-state index contributed by atoms with van der Waals surface area (Å²) in [5, 5.41) is 5.54. The highest BCUT2D eigenvalue weighted by atomic mass is 35.5. The van der Waals surface area contributed by atoms with E-state index >= 15 is 0 Å². The van der Waals surface area contributed by atoms with Crippen LogP contribution in [0.4, 0.5) is 0 Å². The second kappa shape index (κ2) is 4.63. The van der Waals surface area contributed by atoms with Gasteiger partial charge < -0.3 is 5.32 Å². The molecule has 1 aliphatic rings. The van der Waals surface area contributed by atoms with Gasteiger partial charge >= 0.3 is 0 Å². The minimum atomic E-state index is 0.356. The molecule has 0 aliphatic carbocycles. The first kappa shape index (κ1) is 11.0. The van der Waals surface area contributed by atoms with Crippen molar-refractivity contribution in [2.24, 2.45) is 0 Å². The van der Waals surface area contributed by atoms with Crippen molar-refractivity contribution in [2.75, 3.05) is 6.54 Å². The van der Waals surface area contributed by atoms with E-state index in [0.29, 0.717) is 6.04 Å². The fourth-order valence-electron chi connectivity index (χ4n) is 2.57. The molecule has 3 rings (SSSR count). The van der Waals surface area contributed by atoms with Gasteiger partial charge in [0.25, 0.3) is 0 Å². The number of aromatic nitrogens is 1. The van der Waals surface area contributed by atoms with Crippen LogP contribution >= 0.6 is 11.6 Å². The number of hydrogen-bond donors (Lipinski definition) is 1. The summed E-state index contributed by atoms with van der Waals surface area (Å²) in [7, 11) is 0. The van der Waals surface area contributed by atoms with Crippen molar-refractivity contribution in [1.82, 2.24) is 10.3 Å². The number of hydrogen-bond acceptors (Lipinski definition) is 2.